The van der Waals surface area contributed by atoms with E-state index in [0.29, 0.717) is 25.9 Å². The summed E-state index contributed by atoms with van der Waals surface area (Å²) in [6.45, 7) is 15.0. The first-order valence-corrected chi connectivity index (χ1v) is 6.75. The van der Waals surface area contributed by atoms with Crippen molar-refractivity contribution in [3.8, 4) is 0 Å². The van der Waals surface area contributed by atoms with Crippen LogP contribution in [0.2, 0.25) is 0 Å². The van der Waals surface area contributed by atoms with E-state index in [2.05, 4.69) is 32.7 Å². The van der Waals surface area contributed by atoms with Crippen LogP contribution in [0.15, 0.2) is 12.2 Å². The summed E-state index contributed by atoms with van der Waals surface area (Å²) < 4.78 is 0. The van der Waals surface area contributed by atoms with Gasteiger partial charge in [-0.15, -0.1) is 0 Å². The van der Waals surface area contributed by atoms with E-state index in [-0.39, 0.29) is 22.8 Å². The minimum Gasteiger partial charge on any atom is -0.308 e. The van der Waals surface area contributed by atoms with Crippen LogP contribution in [-0.2, 0) is 9.59 Å². The van der Waals surface area contributed by atoms with Crippen molar-refractivity contribution in [2.75, 3.05) is 13.1 Å². The molecular formula is C15H26N2O2. The van der Waals surface area contributed by atoms with Crippen LogP contribution in [0.1, 0.15) is 47.5 Å². The largest absolute Gasteiger partial charge is 0.308 e. The molecule has 0 aromatic carbocycles. The number of likely N-dealkylation sites (tertiary alicyclic amines) is 1. The van der Waals surface area contributed by atoms with Gasteiger partial charge in [0.05, 0.1) is 6.54 Å². The van der Waals surface area contributed by atoms with E-state index in [9.17, 15) is 9.59 Å². The average Bonchev–Trinajstić information content (AvgIpc) is 2.18. The van der Waals surface area contributed by atoms with Gasteiger partial charge in [0, 0.05) is 24.9 Å². The van der Waals surface area contributed by atoms with E-state index in [1.807, 2.05) is 13.8 Å². The number of hydrogen-bond acceptors (Lipinski definition) is 3. The van der Waals surface area contributed by atoms with E-state index in [4.69, 9.17) is 0 Å². The molecule has 0 aliphatic carbocycles. The molecule has 0 aromatic rings. The fraction of sp³-hybridized carbons (Fsp3) is 0.733. The molecule has 4 heteroatoms. The Morgan fingerprint density at radius 3 is 2.16 bits per heavy atom. The van der Waals surface area contributed by atoms with Crippen LogP contribution < -0.4 is 5.32 Å². The molecule has 0 aromatic heterocycles. The highest BCUT2D eigenvalue weighted by molar-refractivity contribution is 5.98. The molecule has 108 valence electrons. The second kappa shape index (κ2) is 5.45. The first kappa shape index (κ1) is 15.9. The summed E-state index contributed by atoms with van der Waals surface area (Å²) >= 11 is 0. The molecule has 1 aliphatic heterocycles. The summed E-state index contributed by atoms with van der Waals surface area (Å²) in [5.74, 6) is -0.170. The maximum absolute atomic E-state index is 12.0. The second-order valence-electron chi connectivity index (χ2n) is 7.24. The molecule has 0 radical (unpaired) electrons. The van der Waals surface area contributed by atoms with Gasteiger partial charge in [-0.25, -0.2) is 0 Å². The van der Waals surface area contributed by atoms with Crippen molar-refractivity contribution < 1.29 is 9.59 Å². The minimum atomic E-state index is -0.213. The van der Waals surface area contributed by atoms with Gasteiger partial charge in [-0.1, -0.05) is 20.4 Å². The summed E-state index contributed by atoms with van der Waals surface area (Å²) in [7, 11) is 0. The van der Waals surface area contributed by atoms with Crippen molar-refractivity contribution in [3.63, 3.8) is 0 Å². The van der Waals surface area contributed by atoms with Gasteiger partial charge >= 0.3 is 0 Å². The summed E-state index contributed by atoms with van der Waals surface area (Å²) in [5, 5.41) is 3.31. The summed E-state index contributed by atoms with van der Waals surface area (Å²) in [5.41, 5.74) is 0.646. The van der Waals surface area contributed by atoms with Crippen molar-refractivity contribution in [2.45, 2.75) is 53.0 Å². The van der Waals surface area contributed by atoms with Gasteiger partial charge in [-0.3, -0.25) is 14.5 Å². The standard InChI is InChI=1S/C15H26N2O2/c1-11(9-16-14(2,3)4)10-17-12(18)7-15(5,6)8-13(17)19/h16H,1,7-10H2,2-6H3. The third kappa shape index (κ3) is 5.15. The van der Waals surface area contributed by atoms with Gasteiger partial charge in [0.25, 0.3) is 0 Å². The van der Waals surface area contributed by atoms with Crippen molar-refractivity contribution in [1.82, 2.24) is 10.2 Å². The molecule has 0 spiro atoms. The fourth-order valence-corrected chi connectivity index (χ4v) is 2.06. The maximum Gasteiger partial charge on any atom is 0.230 e. The lowest BCUT2D eigenvalue weighted by Gasteiger charge is -2.35. The number of nitrogens with zero attached hydrogens (tertiary/aromatic N) is 1. The van der Waals surface area contributed by atoms with Gasteiger partial charge in [0.1, 0.15) is 0 Å². The normalized spacial score (nSPS) is 19.7. The number of carbonyl (C=O) groups is 2. The molecule has 2 amide bonds. The van der Waals surface area contributed by atoms with E-state index in [1.54, 1.807) is 0 Å². The third-order valence-electron chi connectivity index (χ3n) is 3.11. The first-order chi connectivity index (χ1) is 8.50. The summed E-state index contributed by atoms with van der Waals surface area (Å²) in [6.07, 6.45) is 0.859. The zero-order valence-corrected chi connectivity index (χ0v) is 12.8. The Morgan fingerprint density at radius 2 is 1.74 bits per heavy atom. The predicted molar refractivity (Wildman–Crippen MR) is 76.6 cm³/mol. The number of hydrogen-bond donors (Lipinski definition) is 1. The monoisotopic (exact) mass is 266 g/mol. The molecular weight excluding hydrogens is 240 g/mol. The SMILES string of the molecule is C=C(CNC(C)(C)C)CN1C(=O)CC(C)(C)CC1=O. The van der Waals surface area contributed by atoms with Crippen molar-refractivity contribution in [2.24, 2.45) is 5.41 Å². The Kier molecular flexibility index (Phi) is 4.56. The van der Waals surface area contributed by atoms with Crippen LogP contribution in [-0.4, -0.2) is 35.3 Å². The van der Waals surface area contributed by atoms with Crippen molar-refractivity contribution in [1.29, 1.82) is 0 Å². The van der Waals surface area contributed by atoms with E-state index >= 15 is 0 Å². The molecule has 1 rings (SSSR count). The molecule has 1 saturated heterocycles. The van der Waals surface area contributed by atoms with Gasteiger partial charge in [-0.05, 0) is 31.8 Å². The highest BCUT2D eigenvalue weighted by atomic mass is 16.2. The van der Waals surface area contributed by atoms with Crippen LogP contribution in [0, 0.1) is 5.41 Å². The summed E-state index contributed by atoms with van der Waals surface area (Å²) in [4.78, 5) is 25.3. The van der Waals surface area contributed by atoms with Crippen LogP contribution in [0.4, 0.5) is 0 Å². The number of rotatable bonds is 4. The van der Waals surface area contributed by atoms with Gasteiger partial charge in [0.2, 0.25) is 11.8 Å². The lowest BCUT2D eigenvalue weighted by Crippen LogP contribution is -2.47. The van der Waals surface area contributed by atoms with Crippen LogP contribution in [0.25, 0.3) is 0 Å². The van der Waals surface area contributed by atoms with Gasteiger partial charge in [-0.2, -0.15) is 0 Å². The average molecular weight is 266 g/mol. The van der Waals surface area contributed by atoms with Crippen LogP contribution in [0.3, 0.4) is 0 Å². The molecule has 0 saturated carbocycles. The molecule has 19 heavy (non-hydrogen) atoms. The molecule has 1 aliphatic rings. The minimum absolute atomic E-state index is 0.000840. The molecule has 0 bridgehead atoms. The quantitative estimate of drug-likeness (QED) is 0.626. The number of imide groups is 1. The van der Waals surface area contributed by atoms with Gasteiger partial charge in [0.15, 0.2) is 0 Å². The molecule has 1 fully saturated rings. The lowest BCUT2D eigenvalue weighted by atomic mass is 9.81. The third-order valence-corrected chi connectivity index (χ3v) is 3.11. The Bertz CT molecular complexity index is 371. The number of carbonyl (C=O) groups excluding carboxylic acids is 2. The fourth-order valence-electron chi connectivity index (χ4n) is 2.06. The van der Waals surface area contributed by atoms with Gasteiger partial charge < -0.3 is 5.32 Å². The lowest BCUT2D eigenvalue weighted by molar-refractivity contribution is -0.151. The molecule has 0 unspecified atom stereocenters. The van der Waals surface area contributed by atoms with E-state index < -0.39 is 0 Å². The Hall–Kier alpha value is -1.16. The Labute approximate surface area is 116 Å². The topological polar surface area (TPSA) is 49.4 Å². The second-order valence-corrected chi connectivity index (χ2v) is 7.24. The zero-order valence-electron chi connectivity index (χ0n) is 12.8. The predicted octanol–water partition coefficient (Wildman–Crippen LogP) is 2.11. The molecule has 0 atom stereocenters. The highest BCUT2D eigenvalue weighted by Crippen LogP contribution is 2.31. The zero-order chi connectivity index (χ0) is 14.8. The van der Waals surface area contributed by atoms with E-state index in [1.165, 1.54) is 4.90 Å². The Morgan fingerprint density at radius 1 is 1.26 bits per heavy atom. The maximum atomic E-state index is 12.0. The number of piperidine rings is 1. The van der Waals surface area contributed by atoms with Crippen molar-refractivity contribution >= 4 is 11.8 Å². The molecule has 1 heterocycles. The van der Waals surface area contributed by atoms with Crippen molar-refractivity contribution in [3.05, 3.63) is 12.2 Å². The molecule has 1 N–H and O–H groups in total. The number of nitrogens with one attached hydrogen (secondary N) is 1. The van der Waals surface area contributed by atoms with Crippen LogP contribution >= 0.6 is 0 Å². The number of amides is 2. The Balaban J connectivity index is 2.55. The van der Waals surface area contributed by atoms with E-state index in [0.717, 1.165) is 5.57 Å². The summed E-state index contributed by atoms with van der Waals surface area (Å²) in [6, 6.07) is 0. The highest BCUT2D eigenvalue weighted by Gasteiger charge is 2.37. The van der Waals surface area contributed by atoms with Crippen LogP contribution in [0.5, 0.6) is 0 Å². The smallest absolute Gasteiger partial charge is 0.230 e. The molecule has 4 nitrogen and oxygen atoms in total. The first-order valence-electron chi connectivity index (χ1n) is 6.75.